The Morgan fingerprint density at radius 3 is 2.72 bits per heavy atom. The second-order valence-corrected chi connectivity index (χ2v) is 7.79. The fourth-order valence-electron chi connectivity index (χ4n) is 3.39. The molecule has 1 amide bonds. The van der Waals surface area contributed by atoms with Crippen LogP contribution in [0.1, 0.15) is 24.0 Å². The van der Waals surface area contributed by atoms with Crippen LogP contribution in [0.5, 0.6) is 0 Å². The summed E-state index contributed by atoms with van der Waals surface area (Å²) in [6.07, 6.45) is 3.97. The first-order chi connectivity index (χ1) is 13.8. The number of alkyl halides is 3. The van der Waals surface area contributed by atoms with E-state index in [-0.39, 0.29) is 29.8 Å². The van der Waals surface area contributed by atoms with Crippen molar-refractivity contribution in [1.29, 1.82) is 0 Å². The van der Waals surface area contributed by atoms with E-state index in [1.165, 1.54) is 0 Å². The van der Waals surface area contributed by atoms with Crippen molar-refractivity contribution in [3.63, 3.8) is 0 Å². The number of thioether (sulfide) groups is 1. The molecule has 0 unspecified atom stereocenters. The third-order valence-corrected chi connectivity index (χ3v) is 5.63. The van der Waals surface area contributed by atoms with Gasteiger partial charge in [0.2, 0.25) is 0 Å². The number of terminal acetylenes is 1. The molecule has 154 valence electrons. The van der Waals surface area contributed by atoms with E-state index in [1.54, 1.807) is 0 Å². The van der Waals surface area contributed by atoms with Gasteiger partial charge in [-0.15, -0.1) is 6.42 Å². The maximum atomic E-state index is 14.1. The molecule has 1 fully saturated rings. The summed E-state index contributed by atoms with van der Waals surface area (Å²) in [5.41, 5.74) is -1.25. The van der Waals surface area contributed by atoms with Crippen LogP contribution < -0.4 is 5.32 Å². The summed E-state index contributed by atoms with van der Waals surface area (Å²) in [5, 5.41) is 2.60. The molecule has 0 aromatic heterocycles. The van der Waals surface area contributed by atoms with Crippen LogP contribution in [-0.4, -0.2) is 35.6 Å². The smallest absolute Gasteiger partial charge is 0.358 e. The highest BCUT2D eigenvalue weighted by molar-refractivity contribution is 8.18. The van der Waals surface area contributed by atoms with Crippen LogP contribution in [0.4, 0.5) is 22.4 Å². The van der Waals surface area contributed by atoms with Crippen molar-refractivity contribution in [1.82, 2.24) is 10.2 Å². The number of hydrogen-bond acceptors (Lipinski definition) is 4. The van der Waals surface area contributed by atoms with E-state index >= 15 is 0 Å². The molecule has 0 saturated carbocycles. The molecule has 1 aromatic rings. The number of nitrogens with zero attached hydrogens (tertiary/aromatic N) is 2. The third-order valence-electron chi connectivity index (χ3n) is 4.82. The summed E-state index contributed by atoms with van der Waals surface area (Å²) in [4.78, 5) is 18.0. The molecule has 4 nitrogen and oxygen atoms in total. The highest BCUT2D eigenvalue weighted by atomic mass is 32.2. The molecule has 2 aliphatic heterocycles. The Hall–Kier alpha value is -2.31. The molecule has 2 heterocycles. The van der Waals surface area contributed by atoms with Gasteiger partial charge in [0, 0.05) is 12.1 Å². The van der Waals surface area contributed by atoms with Gasteiger partial charge in [-0.05, 0) is 55.7 Å². The quantitative estimate of drug-likeness (QED) is 0.573. The van der Waals surface area contributed by atoms with E-state index in [4.69, 9.17) is 6.42 Å². The zero-order valence-corrected chi connectivity index (χ0v) is 16.2. The second-order valence-electron chi connectivity index (χ2n) is 6.79. The largest absolute Gasteiger partial charge is 0.416 e. The lowest BCUT2D eigenvalue weighted by atomic mass is 9.95. The third kappa shape index (κ3) is 5.40. The van der Waals surface area contributed by atoms with Gasteiger partial charge in [0.15, 0.2) is 0 Å². The van der Waals surface area contributed by atoms with Gasteiger partial charge in [-0.25, -0.2) is 4.39 Å². The van der Waals surface area contributed by atoms with Gasteiger partial charge in [0.1, 0.15) is 11.7 Å². The van der Waals surface area contributed by atoms with Crippen molar-refractivity contribution in [3.05, 3.63) is 46.1 Å². The molecule has 0 aliphatic carbocycles. The zero-order chi connectivity index (χ0) is 21.0. The Morgan fingerprint density at radius 2 is 2.07 bits per heavy atom. The number of rotatable bonds is 4. The molecular formula is C20H19F4N3OS. The van der Waals surface area contributed by atoms with Crippen LogP contribution in [0.2, 0.25) is 0 Å². The minimum absolute atomic E-state index is 0.0888. The molecule has 1 aromatic carbocycles. The summed E-state index contributed by atoms with van der Waals surface area (Å²) in [6, 6.07) is 3.04. The van der Waals surface area contributed by atoms with Crippen molar-refractivity contribution >= 4 is 22.8 Å². The molecule has 29 heavy (non-hydrogen) atoms. The zero-order valence-electron chi connectivity index (χ0n) is 15.4. The standard InChI is InChI=1S/C20H19F4N3OS/c1-2-8-25-18-17(29-19(28)26-18)11-13-6-9-27(10-7-13)12-14-15(20(22,23)24)4-3-5-16(14)21/h1,3-5,11,13H,6-10,12H2,(H,25,26,28). The van der Waals surface area contributed by atoms with Gasteiger partial charge in [0.25, 0.3) is 0 Å². The number of carbonyl (C=O) groups excluding carboxylic acids is 1. The van der Waals surface area contributed by atoms with Crippen LogP contribution in [0, 0.1) is 24.1 Å². The molecule has 0 spiro atoms. The first-order valence-corrected chi connectivity index (χ1v) is 9.86. The van der Waals surface area contributed by atoms with E-state index < -0.39 is 17.6 Å². The molecule has 0 radical (unpaired) electrons. The summed E-state index contributed by atoms with van der Waals surface area (Å²) >= 11 is 1.03. The number of nitrogens with one attached hydrogen (secondary N) is 1. The van der Waals surface area contributed by atoms with Crippen LogP contribution in [0.15, 0.2) is 34.2 Å². The van der Waals surface area contributed by atoms with Crippen LogP contribution in [-0.2, 0) is 12.7 Å². The fraction of sp³-hybridized carbons (Fsp3) is 0.400. The fourth-order valence-corrected chi connectivity index (χ4v) is 4.19. The van der Waals surface area contributed by atoms with Gasteiger partial charge >= 0.3 is 11.4 Å². The number of aliphatic imine (C=N–C) groups is 1. The lowest BCUT2D eigenvalue weighted by Gasteiger charge is -2.31. The average Bonchev–Trinajstić information content (AvgIpc) is 3.01. The SMILES string of the molecule is C#CCNC1=NC(=O)SC1=CC1CCN(Cc2c(F)cccc2C(F)(F)F)CC1. The van der Waals surface area contributed by atoms with Crippen LogP contribution in [0.3, 0.4) is 0 Å². The number of amides is 1. The van der Waals surface area contributed by atoms with Gasteiger partial charge in [-0.2, -0.15) is 18.2 Å². The topological polar surface area (TPSA) is 44.7 Å². The first-order valence-electron chi connectivity index (χ1n) is 9.05. The highest BCUT2D eigenvalue weighted by Gasteiger charge is 2.35. The minimum Gasteiger partial charge on any atom is -0.358 e. The van der Waals surface area contributed by atoms with Gasteiger partial charge in [0.05, 0.1) is 17.0 Å². The maximum absolute atomic E-state index is 14.1. The molecule has 2 aliphatic rings. The Kier molecular flexibility index (Phi) is 6.65. The number of halogens is 4. The van der Waals surface area contributed by atoms with Crippen molar-refractivity contribution in [2.75, 3.05) is 19.6 Å². The molecular weight excluding hydrogens is 406 g/mol. The predicted octanol–water partition coefficient (Wildman–Crippen LogP) is 4.43. The Bertz CT molecular complexity index is 881. The van der Waals surface area contributed by atoms with E-state index in [9.17, 15) is 22.4 Å². The number of likely N-dealkylation sites (tertiary alicyclic amines) is 1. The number of carbonyl (C=O) groups is 1. The predicted molar refractivity (Wildman–Crippen MR) is 105 cm³/mol. The van der Waals surface area contributed by atoms with E-state index in [1.807, 2.05) is 11.0 Å². The maximum Gasteiger partial charge on any atom is 0.416 e. The summed E-state index contributed by atoms with van der Waals surface area (Å²) in [7, 11) is 0. The molecule has 0 bridgehead atoms. The van der Waals surface area contributed by atoms with Crippen molar-refractivity contribution in [3.8, 4) is 12.3 Å². The van der Waals surface area contributed by atoms with Gasteiger partial charge < -0.3 is 5.32 Å². The number of benzene rings is 1. The van der Waals surface area contributed by atoms with Gasteiger partial charge in [-0.3, -0.25) is 9.69 Å². The number of allylic oxidation sites excluding steroid dienone is 1. The second kappa shape index (κ2) is 9.01. The first kappa shape index (κ1) is 21.4. The molecule has 3 rings (SSSR count). The van der Waals surface area contributed by atoms with Crippen molar-refractivity contribution in [2.24, 2.45) is 10.9 Å². The number of hydrogen-bond donors (Lipinski definition) is 1. The molecule has 0 atom stereocenters. The lowest BCUT2D eigenvalue weighted by molar-refractivity contribution is -0.138. The molecule has 9 heteroatoms. The summed E-state index contributed by atoms with van der Waals surface area (Å²) < 4.78 is 53.6. The number of amidine groups is 1. The van der Waals surface area contributed by atoms with E-state index in [0.717, 1.165) is 34.9 Å². The van der Waals surface area contributed by atoms with E-state index in [0.29, 0.717) is 31.8 Å². The lowest BCUT2D eigenvalue weighted by Crippen LogP contribution is -2.34. The molecule has 1 N–H and O–H groups in total. The Balaban J connectivity index is 1.63. The monoisotopic (exact) mass is 425 g/mol. The Morgan fingerprint density at radius 1 is 1.34 bits per heavy atom. The van der Waals surface area contributed by atoms with Crippen LogP contribution >= 0.6 is 11.8 Å². The Labute approximate surface area is 170 Å². The van der Waals surface area contributed by atoms with Crippen molar-refractivity contribution < 1.29 is 22.4 Å². The van der Waals surface area contributed by atoms with Gasteiger partial charge in [-0.1, -0.05) is 18.1 Å². The number of piperidine rings is 1. The summed E-state index contributed by atoms with van der Waals surface area (Å²) in [6.45, 7) is 1.23. The minimum atomic E-state index is -4.59. The highest BCUT2D eigenvalue weighted by Crippen LogP contribution is 2.35. The molecule has 1 saturated heterocycles. The van der Waals surface area contributed by atoms with E-state index in [2.05, 4.69) is 16.2 Å². The van der Waals surface area contributed by atoms with Crippen LogP contribution in [0.25, 0.3) is 0 Å². The summed E-state index contributed by atoms with van der Waals surface area (Å²) in [5.74, 6) is 2.20. The average molecular weight is 425 g/mol. The van der Waals surface area contributed by atoms with Crippen molar-refractivity contribution in [2.45, 2.75) is 25.6 Å². The normalized spacial score (nSPS) is 20.0.